The molecule has 1 aliphatic heterocycles. The highest BCUT2D eigenvalue weighted by atomic mass is 19.4. The first-order chi connectivity index (χ1) is 16.5. The number of morpholine rings is 1. The molecule has 7 nitrogen and oxygen atoms in total. The number of benzene rings is 2. The van der Waals surface area contributed by atoms with Gasteiger partial charge in [-0.05, 0) is 48.6 Å². The number of para-hydroxylation sites is 1. The SMILES string of the molecule is CC1CN(C(=O)c2ccc(CNCc3cccc4cc[nH]c34)cc2)CC(C)O1.O=C(O)C(F)(F)F. The Hall–Kier alpha value is -3.37. The van der Waals surface area contributed by atoms with Gasteiger partial charge in [-0.3, -0.25) is 4.79 Å². The van der Waals surface area contributed by atoms with Gasteiger partial charge in [0.1, 0.15) is 0 Å². The second kappa shape index (κ2) is 11.4. The zero-order valence-electron chi connectivity index (χ0n) is 19.4. The lowest BCUT2D eigenvalue weighted by molar-refractivity contribution is -0.192. The number of nitrogens with zero attached hydrogens (tertiary/aromatic N) is 1. The molecule has 188 valence electrons. The summed E-state index contributed by atoms with van der Waals surface area (Å²) in [5.74, 6) is -2.67. The molecular formula is C25H28F3N3O4. The molecule has 0 aliphatic carbocycles. The number of halogens is 3. The fourth-order valence-corrected chi connectivity index (χ4v) is 3.93. The van der Waals surface area contributed by atoms with E-state index >= 15 is 0 Å². The molecule has 0 bridgehead atoms. The van der Waals surface area contributed by atoms with Crippen LogP contribution in [0.4, 0.5) is 13.2 Å². The maximum atomic E-state index is 12.8. The minimum absolute atomic E-state index is 0.0833. The van der Waals surface area contributed by atoms with E-state index in [1.165, 1.54) is 22.0 Å². The lowest BCUT2D eigenvalue weighted by Crippen LogP contribution is -2.48. The molecule has 2 aromatic carbocycles. The molecule has 3 N–H and O–H groups in total. The summed E-state index contributed by atoms with van der Waals surface area (Å²) in [5.41, 5.74) is 4.34. The van der Waals surface area contributed by atoms with Gasteiger partial charge in [-0.25, -0.2) is 4.79 Å². The van der Waals surface area contributed by atoms with Crippen LogP contribution in [0.2, 0.25) is 0 Å². The number of rotatable bonds is 5. The van der Waals surface area contributed by atoms with Gasteiger partial charge in [-0.15, -0.1) is 0 Å². The molecule has 2 heterocycles. The molecule has 2 unspecified atom stereocenters. The first-order valence-electron chi connectivity index (χ1n) is 11.1. The number of alkyl halides is 3. The summed E-state index contributed by atoms with van der Waals surface area (Å²) >= 11 is 0. The van der Waals surface area contributed by atoms with Gasteiger partial charge in [0.05, 0.1) is 12.2 Å². The van der Waals surface area contributed by atoms with Crippen molar-refractivity contribution in [2.75, 3.05) is 13.1 Å². The van der Waals surface area contributed by atoms with Crippen LogP contribution in [-0.2, 0) is 22.6 Å². The van der Waals surface area contributed by atoms with Crippen molar-refractivity contribution in [3.05, 3.63) is 71.4 Å². The molecule has 0 spiro atoms. The summed E-state index contributed by atoms with van der Waals surface area (Å²) in [5, 5.41) is 11.8. The fraction of sp³-hybridized carbons (Fsp3) is 0.360. The maximum absolute atomic E-state index is 12.8. The van der Waals surface area contributed by atoms with E-state index in [4.69, 9.17) is 14.6 Å². The number of H-pyrrole nitrogens is 1. The largest absolute Gasteiger partial charge is 0.490 e. The highest BCUT2D eigenvalue weighted by Gasteiger charge is 2.38. The Kier molecular flexibility index (Phi) is 8.52. The summed E-state index contributed by atoms with van der Waals surface area (Å²) in [6, 6.07) is 16.3. The number of carboxylic acids is 1. The number of amides is 1. The van der Waals surface area contributed by atoms with Gasteiger partial charge in [0, 0.05) is 43.5 Å². The molecule has 4 rings (SSSR count). The monoisotopic (exact) mass is 491 g/mol. The summed E-state index contributed by atoms with van der Waals surface area (Å²) in [4.78, 5) is 26.8. The van der Waals surface area contributed by atoms with E-state index in [2.05, 4.69) is 34.6 Å². The van der Waals surface area contributed by atoms with Crippen LogP contribution in [0, 0.1) is 0 Å². The predicted octanol–water partition coefficient (Wildman–Crippen LogP) is 4.34. The number of fused-ring (bicyclic) bond motifs is 1. The Morgan fingerprint density at radius 1 is 1.06 bits per heavy atom. The van der Waals surface area contributed by atoms with Crippen LogP contribution >= 0.6 is 0 Å². The van der Waals surface area contributed by atoms with Gasteiger partial charge in [0.15, 0.2) is 0 Å². The topological polar surface area (TPSA) is 94.7 Å². The number of nitrogens with one attached hydrogen (secondary N) is 2. The second-order valence-electron chi connectivity index (χ2n) is 8.43. The lowest BCUT2D eigenvalue weighted by atomic mass is 10.1. The van der Waals surface area contributed by atoms with Crippen LogP contribution in [-0.4, -0.2) is 58.3 Å². The van der Waals surface area contributed by atoms with Gasteiger partial charge in [0.25, 0.3) is 5.91 Å². The molecule has 3 aromatic rings. The quantitative estimate of drug-likeness (QED) is 0.494. The van der Waals surface area contributed by atoms with Crippen LogP contribution in [0.25, 0.3) is 10.9 Å². The number of aromatic amines is 1. The third-order valence-corrected chi connectivity index (χ3v) is 5.47. The van der Waals surface area contributed by atoms with E-state index < -0.39 is 12.1 Å². The Labute approximate surface area is 200 Å². The van der Waals surface area contributed by atoms with Crippen LogP contribution in [0.3, 0.4) is 0 Å². The number of ether oxygens (including phenoxy) is 1. The minimum Gasteiger partial charge on any atom is -0.475 e. The summed E-state index contributed by atoms with van der Waals surface area (Å²) < 4.78 is 37.5. The number of aromatic nitrogens is 1. The smallest absolute Gasteiger partial charge is 0.475 e. The van der Waals surface area contributed by atoms with E-state index in [1.807, 2.05) is 49.2 Å². The molecule has 0 saturated carbocycles. The maximum Gasteiger partial charge on any atom is 0.490 e. The third-order valence-electron chi connectivity index (χ3n) is 5.47. The van der Waals surface area contributed by atoms with E-state index in [9.17, 15) is 18.0 Å². The second-order valence-corrected chi connectivity index (χ2v) is 8.43. The van der Waals surface area contributed by atoms with Gasteiger partial charge >= 0.3 is 12.1 Å². The molecule has 1 saturated heterocycles. The van der Waals surface area contributed by atoms with Crippen LogP contribution < -0.4 is 5.32 Å². The van der Waals surface area contributed by atoms with Gasteiger partial charge in [0.2, 0.25) is 0 Å². The molecule has 2 atom stereocenters. The molecule has 1 aliphatic rings. The Bertz CT molecular complexity index is 1130. The molecule has 1 amide bonds. The van der Waals surface area contributed by atoms with E-state index in [0.717, 1.165) is 18.7 Å². The standard InChI is InChI=1S/C23H27N3O2.C2HF3O2/c1-16-14-26(15-17(2)28-16)23(27)20-8-6-18(7-9-20)12-24-13-21-5-3-4-19-10-11-25-22(19)21;3-2(4,5)1(6)7/h3-11,16-17,24-25H,12-15H2,1-2H3;(H,6,7). The molecular weight excluding hydrogens is 463 g/mol. The molecule has 0 radical (unpaired) electrons. The molecule has 35 heavy (non-hydrogen) atoms. The zero-order valence-corrected chi connectivity index (χ0v) is 19.4. The van der Waals surface area contributed by atoms with E-state index in [1.54, 1.807) is 0 Å². The van der Waals surface area contributed by atoms with Gasteiger partial charge in [-0.2, -0.15) is 13.2 Å². The zero-order chi connectivity index (χ0) is 25.6. The van der Waals surface area contributed by atoms with Crippen LogP contribution in [0.5, 0.6) is 0 Å². The van der Waals surface area contributed by atoms with Crippen LogP contribution in [0.15, 0.2) is 54.7 Å². The average molecular weight is 492 g/mol. The van der Waals surface area contributed by atoms with Crippen molar-refractivity contribution in [2.24, 2.45) is 0 Å². The van der Waals surface area contributed by atoms with Crippen molar-refractivity contribution in [3.63, 3.8) is 0 Å². The third kappa shape index (κ3) is 7.30. The number of aliphatic carboxylic acids is 1. The minimum atomic E-state index is -5.08. The molecule has 1 aromatic heterocycles. The lowest BCUT2D eigenvalue weighted by Gasteiger charge is -2.35. The number of hydrogen-bond donors (Lipinski definition) is 3. The summed E-state index contributed by atoms with van der Waals surface area (Å²) in [6.07, 6.45) is -2.94. The van der Waals surface area contributed by atoms with E-state index in [-0.39, 0.29) is 18.1 Å². The Morgan fingerprint density at radius 3 is 2.29 bits per heavy atom. The predicted molar refractivity (Wildman–Crippen MR) is 125 cm³/mol. The van der Waals surface area contributed by atoms with Crippen molar-refractivity contribution in [2.45, 2.75) is 45.3 Å². The average Bonchev–Trinajstić information content (AvgIpc) is 3.28. The van der Waals surface area contributed by atoms with Gasteiger partial charge < -0.3 is 25.0 Å². The highest BCUT2D eigenvalue weighted by molar-refractivity contribution is 5.94. The highest BCUT2D eigenvalue weighted by Crippen LogP contribution is 2.18. The Morgan fingerprint density at radius 2 is 1.69 bits per heavy atom. The fourth-order valence-electron chi connectivity index (χ4n) is 3.93. The summed E-state index contributed by atoms with van der Waals surface area (Å²) in [7, 11) is 0. The van der Waals surface area contributed by atoms with Crippen LogP contribution in [0.1, 0.15) is 35.3 Å². The first-order valence-corrected chi connectivity index (χ1v) is 11.1. The first kappa shape index (κ1) is 26.2. The van der Waals surface area contributed by atoms with Crippen molar-refractivity contribution in [1.29, 1.82) is 0 Å². The normalized spacial score (nSPS) is 18.1. The number of carboxylic acid groups (broad SMARTS) is 1. The van der Waals surface area contributed by atoms with Crippen molar-refractivity contribution < 1.29 is 32.6 Å². The van der Waals surface area contributed by atoms with E-state index in [0.29, 0.717) is 13.1 Å². The number of carbonyl (C=O) groups is 2. The Balaban J connectivity index is 0.000000429. The molecule has 10 heteroatoms. The molecule has 1 fully saturated rings. The number of hydrogen-bond acceptors (Lipinski definition) is 4. The van der Waals surface area contributed by atoms with Crippen molar-refractivity contribution in [1.82, 2.24) is 15.2 Å². The van der Waals surface area contributed by atoms with Gasteiger partial charge in [-0.1, -0.05) is 30.3 Å². The summed E-state index contributed by atoms with van der Waals surface area (Å²) in [6.45, 7) is 6.88. The van der Waals surface area contributed by atoms with Crippen molar-refractivity contribution in [3.8, 4) is 0 Å². The number of carbonyl (C=O) groups excluding carboxylic acids is 1. The van der Waals surface area contributed by atoms with Crippen molar-refractivity contribution >= 4 is 22.8 Å².